The van der Waals surface area contributed by atoms with Gasteiger partial charge in [-0.2, -0.15) is 0 Å². The number of rotatable bonds is 2. The molecule has 12 heavy (non-hydrogen) atoms. The second-order valence-electron chi connectivity index (χ2n) is 3.02. The second-order valence-corrected chi connectivity index (χ2v) is 4.44. The topological polar surface area (TPSA) is 46.3 Å². The Hall–Kier alpha value is -0.220. The minimum absolute atomic E-state index is 0.106. The highest BCUT2D eigenvalue weighted by atomic mass is 32.2. The maximum absolute atomic E-state index is 11.6. The van der Waals surface area contributed by atoms with Gasteiger partial charge in [-0.3, -0.25) is 4.79 Å². The van der Waals surface area contributed by atoms with Crippen molar-refractivity contribution < 1.29 is 4.79 Å². The number of hydrogen-bond acceptors (Lipinski definition) is 3. The molecule has 70 valence electrons. The van der Waals surface area contributed by atoms with Gasteiger partial charge >= 0.3 is 0 Å². The first kappa shape index (κ1) is 9.86. The first-order chi connectivity index (χ1) is 5.66. The molecular weight excluding hydrogens is 172 g/mol. The highest BCUT2D eigenvalue weighted by molar-refractivity contribution is 8.00. The molecular formula is C8H16N2OS. The lowest BCUT2D eigenvalue weighted by molar-refractivity contribution is -0.132. The van der Waals surface area contributed by atoms with Crippen molar-refractivity contribution in [2.75, 3.05) is 12.3 Å². The maximum atomic E-state index is 11.6. The minimum atomic E-state index is -0.300. The Bertz CT molecular complexity index is 174. The van der Waals surface area contributed by atoms with Crippen molar-refractivity contribution in [2.45, 2.75) is 31.7 Å². The van der Waals surface area contributed by atoms with Gasteiger partial charge in [0.1, 0.15) is 0 Å². The molecule has 1 aliphatic heterocycles. The van der Waals surface area contributed by atoms with E-state index in [0.717, 1.165) is 18.7 Å². The number of nitrogens with zero attached hydrogens (tertiary/aromatic N) is 1. The molecule has 1 aliphatic rings. The standard InChI is InChI=1S/C8H16N2OS/c1-3-7(9)8(11)10-4-5-12-6(10)2/h6-7H,3-5,9H2,1-2H3. The lowest BCUT2D eigenvalue weighted by atomic mass is 10.2. The van der Waals surface area contributed by atoms with Crippen LogP contribution in [0.25, 0.3) is 0 Å². The van der Waals surface area contributed by atoms with E-state index in [-0.39, 0.29) is 11.9 Å². The van der Waals surface area contributed by atoms with E-state index in [1.807, 2.05) is 23.6 Å². The fourth-order valence-corrected chi connectivity index (χ4v) is 2.30. The molecule has 0 aromatic carbocycles. The summed E-state index contributed by atoms with van der Waals surface area (Å²) in [6.45, 7) is 4.85. The zero-order valence-electron chi connectivity index (χ0n) is 7.62. The molecule has 2 atom stereocenters. The predicted molar refractivity (Wildman–Crippen MR) is 51.9 cm³/mol. The molecule has 0 aromatic heterocycles. The molecule has 0 saturated carbocycles. The van der Waals surface area contributed by atoms with E-state index >= 15 is 0 Å². The third-order valence-corrected chi connectivity index (χ3v) is 3.33. The summed E-state index contributed by atoms with van der Waals surface area (Å²) in [5.74, 6) is 1.15. The van der Waals surface area contributed by atoms with Crippen molar-refractivity contribution in [3.63, 3.8) is 0 Å². The quantitative estimate of drug-likeness (QED) is 0.692. The first-order valence-corrected chi connectivity index (χ1v) is 5.39. The highest BCUT2D eigenvalue weighted by Crippen LogP contribution is 2.23. The zero-order valence-corrected chi connectivity index (χ0v) is 8.43. The van der Waals surface area contributed by atoms with E-state index in [0.29, 0.717) is 5.37 Å². The van der Waals surface area contributed by atoms with Gasteiger partial charge in [-0.05, 0) is 13.3 Å². The molecule has 0 aliphatic carbocycles. The summed E-state index contributed by atoms with van der Waals surface area (Å²) >= 11 is 1.81. The Labute approximate surface area is 77.7 Å². The largest absolute Gasteiger partial charge is 0.329 e. The van der Waals surface area contributed by atoms with Crippen molar-refractivity contribution in [2.24, 2.45) is 5.73 Å². The summed E-state index contributed by atoms with van der Waals surface area (Å²) in [4.78, 5) is 13.4. The van der Waals surface area contributed by atoms with Crippen LogP contribution >= 0.6 is 11.8 Å². The van der Waals surface area contributed by atoms with Crippen molar-refractivity contribution in [3.05, 3.63) is 0 Å². The number of hydrogen-bond donors (Lipinski definition) is 1. The van der Waals surface area contributed by atoms with Gasteiger partial charge < -0.3 is 10.6 Å². The molecule has 1 amide bonds. The molecule has 1 rings (SSSR count). The van der Waals surface area contributed by atoms with E-state index in [1.54, 1.807) is 0 Å². The van der Waals surface area contributed by atoms with Crippen LogP contribution in [0.1, 0.15) is 20.3 Å². The molecule has 4 heteroatoms. The van der Waals surface area contributed by atoms with Gasteiger partial charge in [0.05, 0.1) is 11.4 Å². The Morgan fingerprint density at radius 2 is 2.50 bits per heavy atom. The fraction of sp³-hybridized carbons (Fsp3) is 0.875. The number of carbonyl (C=O) groups is 1. The summed E-state index contributed by atoms with van der Waals surface area (Å²) in [5.41, 5.74) is 5.66. The van der Waals surface area contributed by atoms with Crippen molar-refractivity contribution in [1.82, 2.24) is 4.90 Å². The van der Waals surface area contributed by atoms with Crippen LogP contribution in [0, 0.1) is 0 Å². The van der Waals surface area contributed by atoms with Crippen LogP contribution in [0.2, 0.25) is 0 Å². The molecule has 3 nitrogen and oxygen atoms in total. The Morgan fingerprint density at radius 1 is 1.83 bits per heavy atom. The monoisotopic (exact) mass is 188 g/mol. The highest BCUT2D eigenvalue weighted by Gasteiger charge is 2.28. The predicted octanol–water partition coefficient (Wildman–Crippen LogP) is 0.645. The SMILES string of the molecule is CCC(N)C(=O)N1CCSC1C. The van der Waals surface area contributed by atoms with E-state index < -0.39 is 0 Å². The van der Waals surface area contributed by atoms with Crippen LogP contribution in [0.15, 0.2) is 0 Å². The van der Waals surface area contributed by atoms with Gasteiger partial charge in [-0.15, -0.1) is 11.8 Å². The van der Waals surface area contributed by atoms with Crippen LogP contribution in [0.5, 0.6) is 0 Å². The maximum Gasteiger partial charge on any atom is 0.240 e. The van der Waals surface area contributed by atoms with E-state index in [4.69, 9.17) is 5.73 Å². The fourth-order valence-electron chi connectivity index (χ4n) is 1.27. The lowest BCUT2D eigenvalue weighted by Crippen LogP contribution is -2.44. The third-order valence-electron chi connectivity index (χ3n) is 2.17. The molecule has 1 fully saturated rings. The van der Waals surface area contributed by atoms with Gasteiger partial charge in [0.15, 0.2) is 0 Å². The van der Waals surface area contributed by atoms with Crippen LogP contribution in [-0.2, 0) is 4.79 Å². The normalized spacial score (nSPS) is 25.9. The Kier molecular flexibility index (Phi) is 3.40. The minimum Gasteiger partial charge on any atom is -0.329 e. The van der Waals surface area contributed by atoms with Gasteiger partial charge in [0.2, 0.25) is 5.91 Å². The van der Waals surface area contributed by atoms with Gasteiger partial charge in [-0.25, -0.2) is 0 Å². The molecule has 1 heterocycles. The van der Waals surface area contributed by atoms with Gasteiger partial charge in [0, 0.05) is 12.3 Å². The first-order valence-electron chi connectivity index (χ1n) is 4.34. The van der Waals surface area contributed by atoms with Crippen LogP contribution in [0.3, 0.4) is 0 Å². The van der Waals surface area contributed by atoms with E-state index in [9.17, 15) is 4.79 Å². The lowest BCUT2D eigenvalue weighted by Gasteiger charge is -2.23. The number of amides is 1. The summed E-state index contributed by atoms with van der Waals surface area (Å²) in [6, 6.07) is -0.300. The molecule has 1 saturated heterocycles. The van der Waals surface area contributed by atoms with Gasteiger partial charge in [-0.1, -0.05) is 6.92 Å². The molecule has 2 N–H and O–H groups in total. The van der Waals surface area contributed by atoms with Crippen LogP contribution in [0.4, 0.5) is 0 Å². The molecule has 2 unspecified atom stereocenters. The number of carbonyl (C=O) groups excluding carboxylic acids is 1. The van der Waals surface area contributed by atoms with Crippen LogP contribution < -0.4 is 5.73 Å². The summed E-state index contributed by atoms with van der Waals surface area (Å²) in [5, 5.41) is 0.315. The Morgan fingerprint density at radius 3 is 2.92 bits per heavy atom. The Balaban J connectivity index is 2.51. The average Bonchev–Trinajstić information content (AvgIpc) is 2.48. The molecule has 0 aromatic rings. The molecule has 0 bridgehead atoms. The van der Waals surface area contributed by atoms with Crippen molar-refractivity contribution >= 4 is 17.7 Å². The number of thioether (sulfide) groups is 1. The summed E-state index contributed by atoms with van der Waals surface area (Å²) < 4.78 is 0. The second kappa shape index (κ2) is 4.14. The number of nitrogens with two attached hydrogens (primary N) is 1. The zero-order chi connectivity index (χ0) is 9.14. The van der Waals surface area contributed by atoms with Crippen LogP contribution in [-0.4, -0.2) is 34.5 Å². The summed E-state index contributed by atoms with van der Waals surface area (Å²) in [7, 11) is 0. The summed E-state index contributed by atoms with van der Waals surface area (Å²) in [6.07, 6.45) is 0.729. The third kappa shape index (κ3) is 1.93. The molecule has 0 spiro atoms. The molecule has 0 radical (unpaired) electrons. The van der Waals surface area contributed by atoms with Crippen molar-refractivity contribution in [1.29, 1.82) is 0 Å². The van der Waals surface area contributed by atoms with Gasteiger partial charge in [0.25, 0.3) is 0 Å². The van der Waals surface area contributed by atoms with E-state index in [2.05, 4.69) is 6.92 Å². The van der Waals surface area contributed by atoms with E-state index in [1.165, 1.54) is 0 Å². The smallest absolute Gasteiger partial charge is 0.240 e. The average molecular weight is 188 g/mol. The van der Waals surface area contributed by atoms with Crippen molar-refractivity contribution in [3.8, 4) is 0 Å².